The number of hydrogen-bond acceptors (Lipinski definition) is 4. The second-order valence-electron chi connectivity index (χ2n) is 6.53. The molecule has 0 bridgehead atoms. The van der Waals surface area contributed by atoms with Crippen molar-refractivity contribution in [1.82, 2.24) is 4.98 Å². The fraction of sp³-hybridized carbons (Fsp3) is 0.0435. The SMILES string of the molecule is O=C(Nc1ccccc1F)c1csc(-c2ccc(OCc3cccc(Cl)c3)cc2F)n1. The highest BCUT2D eigenvalue weighted by molar-refractivity contribution is 7.13. The van der Waals surface area contributed by atoms with Crippen LogP contribution in [0.1, 0.15) is 16.1 Å². The van der Waals surface area contributed by atoms with E-state index < -0.39 is 17.5 Å². The number of para-hydroxylation sites is 1. The van der Waals surface area contributed by atoms with E-state index >= 15 is 0 Å². The molecule has 0 aliphatic carbocycles. The first-order chi connectivity index (χ1) is 15.0. The zero-order chi connectivity index (χ0) is 21.8. The van der Waals surface area contributed by atoms with E-state index in [1.54, 1.807) is 30.3 Å². The number of anilines is 1. The van der Waals surface area contributed by atoms with Gasteiger partial charge in [-0.2, -0.15) is 0 Å². The van der Waals surface area contributed by atoms with Crippen molar-refractivity contribution in [2.45, 2.75) is 6.61 Å². The third-order valence-electron chi connectivity index (χ3n) is 4.32. The molecule has 0 unspecified atom stereocenters. The minimum Gasteiger partial charge on any atom is -0.489 e. The monoisotopic (exact) mass is 456 g/mol. The van der Waals surface area contributed by atoms with Gasteiger partial charge in [-0.3, -0.25) is 4.79 Å². The third-order valence-corrected chi connectivity index (χ3v) is 5.44. The van der Waals surface area contributed by atoms with Crippen LogP contribution < -0.4 is 10.1 Å². The van der Waals surface area contributed by atoms with Crippen LogP contribution in [0.5, 0.6) is 5.75 Å². The Bertz CT molecular complexity index is 1250. The highest BCUT2D eigenvalue weighted by Crippen LogP contribution is 2.29. The van der Waals surface area contributed by atoms with E-state index in [2.05, 4.69) is 10.3 Å². The van der Waals surface area contributed by atoms with E-state index in [-0.39, 0.29) is 23.6 Å². The fourth-order valence-electron chi connectivity index (χ4n) is 2.80. The molecule has 0 spiro atoms. The zero-order valence-corrected chi connectivity index (χ0v) is 17.5. The van der Waals surface area contributed by atoms with Crippen molar-refractivity contribution in [2.24, 2.45) is 0 Å². The lowest BCUT2D eigenvalue weighted by Gasteiger charge is -2.08. The Balaban J connectivity index is 1.46. The summed E-state index contributed by atoms with van der Waals surface area (Å²) in [6.45, 7) is 0.247. The summed E-state index contributed by atoms with van der Waals surface area (Å²) in [6.07, 6.45) is 0. The number of hydrogen-bond donors (Lipinski definition) is 1. The van der Waals surface area contributed by atoms with Gasteiger partial charge < -0.3 is 10.1 Å². The Morgan fingerprint density at radius 1 is 1.03 bits per heavy atom. The molecule has 0 aliphatic heterocycles. The first-order valence-corrected chi connectivity index (χ1v) is 10.4. The minimum atomic E-state index is -0.575. The number of thiazole rings is 1. The van der Waals surface area contributed by atoms with E-state index in [0.717, 1.165) is 16.9 Å². The number of nitrogens with zero attached hydrogens (tertiary/aromatic N) is 1. The molecule has 1 N–H and O–H groups in total. The Labute approximate surface area is 186 Å². The van der Waals surface area contributed by atoms with Gasteiger partial charge in [0, 0.05) is 22.0 Å². The van der Waals surface area contributed by atoms with Crippen LogP contribution in [0, 0.1) is 11.6 Å². The average Bonchev–Trinajstić information content (AvgIpc) is 3.24. The number of aromatic nitrogens is 1. The lowest BCUT2D eigenvalue weighted by molar-refractivity contribution is 0.102. The van der Waals surface area contributed by atoms with Gasteiger partial charge in [-0.15, -0.1) is 11.3 Å². The topological polar surface area (TPSA) is 51.2 Å². The summed E-state index contributed by atoms with van der Waals surface area (Å²) in [4.78, 5) is 16.5. The standard InChI is InChI=1S/C23H15ClF2N2O2S/c24-15-5-3-4-14(10-15)12-30-16-8-9-17(19(26)11-16)23-28-21(13-31-23)22(29)27-20-7-2-1-6-18(20)25/h1-11,13H,12H2,(H,27,29). The van der Waals surface area contributed by atoms with Crippen LogP contribution in [-0.4, -0.2) is 10.9 Å². The van der Waals surface area contributed by atoms with E-state index in [1.165, 1.54) is 29.6 Å². The first-order valence-electron chi connectivity index (χ1n) is 9.18. The lowest BCUT2D eigenvalue weighted by atomic mass is 10.2. The number of benzene rings is 3. The van der Waals surface area contributed by atoms with Gasteiger partial charge in [0.2, 0.25) is 0 Å². The van der Waals surface area contributed by atoms with Gasteiger partial charge >= 0.3 is 0 Å². The van der Waals surface area contributed by atoms with Crippen molar-refractivity contribution >= 4 is 34.5 Å². The number of ether oxygens (including phenoxy) is 1. The van der Waals surface area contributed by atoms with Crippen molar-refractivity contribution in [2.75, 3.05) is 5.32 Å². The van der Waals surface area contributed by atoms with Crippen molar-refractivity contribution in [3.8, 4) is 16.3 Å². The number of rotatable bonds is 6. The lowest BCUT2D eigenvalue weighted by Crippen LogP contribution is -2.13. The summed E-state index contributed by atoms with van der Waals surface area (Å²) in [5, 5.41) is 4.88. The molecule has 31 heavy (non-hydrogen) atoms. The number of carbonyl (C=O) groups excluding carboxylic acids is 1. The Hall–Kier alpha value is -3.29. The normalized spacial score (nSPS) is 10.7. The highest BCUT2D eigenvalue weighted by atomic mass is 35.5. The van der Waals surface area contributed by atoms with E-state index in [1.807, 2.05) is 12.1 Å². The molecular formula is C23H15ClF2N2O2S. The molecule has 1 heterocycles. The molecule has 8 heteroatoms. The largest absolute Gasteiger partial charge is 0.489 e. The number of nitrogens with one attached hydrogen (secondary N) is 1. The van der Waals surface area contributed by atoms with E-state index in [4.69, 9.17) is 16.3 Å². The van der Waals surface area contributed by atoms with Crippen molar-refractivity contribution in [3.05, 3.63) is 100 Å². The molecule has 0 saturated heterocycles. The third kappa shape index (κ3) is 5.07. The summed E-state index contributed by atoms with van der Waals surface area (Å²) in [5.41, 5.74) is 1.23. The number of amides is 1. The Morgan fingerprint density at radius 2 is 1.87 bits per heavy atom. The summed E-state index contributed by atoms with van der Waals surface area (Å²) < 4.78 is 34.0. The molecule has 0 saturated carbocycles. The second-order valence-corrected chi connectivity index (χ2v) is 7.83. The molecule has 3 aromatic carbocycles. The smallest absolute Gasteiger partial charge is 0.275 e. The number of carbonyl (C=O) groups is 1. The van der Waals surface area contributed by atoms with Crippen molar-refractivity contribution < 1.29 is 18.3 Å². The predicted octanol–water partition coefficient (Wildman–Crippen LogP) is 6.57. The van der Waals surface area contributed by atoms with Crippen molar-refractivity contribution in [1.29, 1.82) is 0 Å². The molecule has 4 aromatic rings. The van der Waals surface area contributed by atoms with Crippen LogP contribution in [0.4, 0.5) is 14.5 Å². The van der Waals surface area contributed by atoms with E-state index in [9.17, 15) is 13.6 Å². The maximum absolute atomic E-state index is 14.7. The Kier molecular flexibility index (Phi) is 6.25. The van der Waals surface area contributed by atoms with Crippen LogP contribution >= 0.6 is 22.9 Å². The maximum atomic E-state index is 14.7. The summed E-state index contributed by atoms with van der Waals surface area (Å²) >= 11 is 7.07. The molecule has 4 rings (SSSR count). The molecule has 0 radical (unpaired) electrons. The van der Waals surface area contributed by atoms with Crippen LogP contribution in [0.15, 0.2) is 72.1 Å². The molecule has 0 fully saturated rings. The summed E-state index contributed by atoms with van der Waals surface area (Å²) in [7, 11) is 0. The number of halogens is 3. The van der Waals surface area contributed by atoms with Crippen LogP contribution in [0.3, 0.4) is 0 Å². The van der Waals surface area contributed by atoms with Gasteiger partial charge in [0.1, 0.15) is 34.7 Å². The molecular weight excluding hydrogens is 442 g/mol. The van der Waals surface area contributed by atoms with Gasteiger partial charge in [0.15, 0.2) is 0 Å². The molecule has 1 amide bonds. The summed E-state index contributed by atoms with van der Waals surface area (Å²) in [6, 6.07) is 17.5. The summed E-state index contributed by atoms with van der Waals surface area (Å²) in [5.74, 6) is -1.30. The van der Waals surface area contributed by atoms with Gasteiger partial charge in [-0.1, -0.05) is 35.9 Å². The molecule has 0 atom stereocenters. The quantitative estimate of drug-likeness (QED) is 0.357. The van der Waals surface area contributed by atoms with Gasteiger partial charge in [-0.25, -0.2) is 13.8 Å². The van der Waals surface area contributed by atoms with Crippen molar-refractivity contribution in [3.63, 3.8) is 0 Å². The van der Waals surface area contributed by atoms with Crippen LogP contribution in [-0.2, 0) is 6.61 Å². The highest BCUT2D eigenvalue weighted by Gasteiger charge is 2.16. The maximum Gasteiger partial charge on any atom is 0.275 e. The van der Waals surface area contributed by atoms with Gasteiger partial charge in [-0.05, 0) is 42.0 Å². The molecule has 4 nitrogen and oxygen atoms in total. The second kappa shape index (κ2) is 9.24. The zero-order valence-electron chi connectivity index (χ0n) is 15.9. The first kappa shape index (κ1) is 21.0. The average molecular weight is 457 g/mol. The van der Waals surface area contributed by atoms with Gasteiger partial charge in [0.05, 0.1) is 5.69 Å². The molecule has 156 valence electrons. The molecule has 0 aliphatic rings. The fourth-order valence-corrected chi connectivity index (χ4v) is 3.84. The van der Waals surface area contributed by atoms with Gasteiger partial charge in [0.25, 0.3) is 5.91 Å². The van der Waals surface area contributed by atoms with E-state index in [0.29, 0.717) is 15.8 Å². The molecule has 1 aromatic heterocycles. The minimum absolute atomic E-state index is 0.0504. The Morgan fingerprint density at radius 3 is 2.65 bits per heavy atom. The predicted molar refractivity (Wildman–Crippen MR) is 118 cm³/mol. The van der Waals surface area contributed by atoms with Crippen LogP contribution in [0.25, 0.3) is 10.6 Å². The van der Waals surface area contributed by atoms with Crippen LogP contribution in [0.2, 0.25) is 5.02 Å².